The third kappa shape index (κ3) is 4.48. The lowest BCUT2D eigenvalue weighted by atomic mass is 9.88. The molecular formula is C24H30FN7S. The Morgan fingerprint density at radius 2 is 1.94 bits per heavy atom. The van der Waals surface area contributed by atoms with Crippen molar-refractivity contribution in [3.63, 3.8) is 0 Å². The van der Waals surface area contributed by atoms with Crippen LogP contribution in [-0.4, -0.2) is 72.6 Å². The molecule has 9 heteroatoms. The zero-order valence-corrected chi connectivity index (χ0v) is 19.8. The lowest BCUT2D eigenvalue weighted by Gasteiger charge is -2.43. The van der Waals surface area contributed by atoms with Gasteiger partial charge in [0, 0.05) is 56.9 Å². The number of rotatable bonds is 6. The standard InChI is InChI=1S/C24H30FN7S/c1-18(24(25)8-14-30(15-9-24)17-19-5-11-27-28-16-19)31-12-6-20(7-13-31)32-22-21(4-3-10-26-22)29-23(32)33-2/h3-5,10-11,16,20H,1,6-9,12-15,17H2,2H3. The van der Waals surface area contributed by atoms with Crippen LogP contribution in [0.4, 0.5) is 4.39 Å². The van der Waals surface area contributed by atoms with Crippen LogP contribution in [0.1, 0.15) is 37.3 Å². The molecule has 5 heterocycles. The van der Waals surface area contributed by atoms with E-state index >= 15 is 4.39 Å². The van der Waals surface area contributed by atoms with Gasteiger partial charge in [-0.3, -0.25) is 4.90 Å². The number of nitrogens with zero attached hydrogens (tertiary/aromatic N) is 7. The average Bonchev–Trinajstić information content (AvgIpc) is 3.24. The third-order valence-electron chi connectivity index (χ3n) is 7.03. The molecule has 2 fully saturated rings. The van der Waals surface area contributed by atoms with Crippen molar-refractivity contribution in [2.75, 3.05) is 32.4 Å². The average molecular weight is 468 g/mol. The molecule has 3 aromatic rings. The van der Waals surface area contributed by atoms with Gasteiger partial charge in [0.2, 0.25) is 0 Å². The molecule has 0 spiro atoms. The van der Waals surface area contributed by atoms with E-state index in [9.17, 15) is 0 Å². The fraction of sp³-hybridized carbons (Fsp3) is 0.500. The molecule has 0 N–H and O–H groups in total. The van der Waals surface area contributed by atoms with Gasteiger partial charge in [-0.2, -0.15) is 10.2 Å². The highest BCUT2D eigenvalue weighted by Crippen LogP contribution is 2.38. The van der Waals surface area contributed by atoms with Gasteiger partial charge >= 0.3 is 0 Å². The lowest BCUT2D eigenvalue weighted by Crippen LogP contribution is -2.47. The first-order valence-electron chi connectivity index (χ1n) is 11.6. The summed E-state index contributed by atoms with van der Waals surface area (Å²) < 4.78 is 18.2. The number of halogens is 1. The van der Waals surface area contributed by atoms with Crippen molar-refractivity contribution in [3.8, 4) is 0 Å². The Kier molecular flexibility index (Phi) is 6.34. The summed E-state index contributed by atoms with van der Waals surface area (Å²) in [5, 5.41) is 8.76. The highest BCUT2D eigenvalue weighted by Gasteiger charge is 2.40. The van der Waals surface area contributed by atoms with E-state index < -0.39 is 5.67 Å². The van der Waals surface area contributed by atoms with Crippen LogP contribution in [-0.2, 0) is 6.54 Å². The third-order valence-corrected chi connectivity index (χ3v) is 7.68. The second kappa shape index (κ2) is 9.38. The highest BCUT2D eigenvalue weighted by molar-refractivity contribution is 7.98. The number of hydrogen-bond acceptors (Lipinski definition) is 7. The van der Waals surface area contributed by atoms with Gasteiger partial charge in [0.1, 0.15) is 5.52 Å². The van der Waals surface area contributed by atoms with Gasteiger partial charge in [-0.1, -0.05) is 18.3 Å². The molecule has 0 aromatic carbocycles. The van der Waals surface area contributed by atoms with E-state index in [4.69, 9.17) is 4.98 Å². The zero-order chi connectivity index (χ0) is 22.8. The van der Waals surface area contributed by atoms with E-state index in [1.54, 1.807) is 24.2 Å². The van der Waals surface area contributed by atoms with Crippen LogP contribution in [0.5, 0.6) is 0 Å². The SMILES string of the molecule is C=C(N1CCC(n2c(SC)nc3cccnc32)CC1)C1(F)CCN(Cc2ccnnc2)CC1. The second-order valence-corrected chi connectivity index (χ2v) is 9.75. The summed E-state index contributed by atoms with van der Waals surface area (Å²) in [5.41, 5.74) is 2.32. The molecule has 0 aliphatic carbocycles. The fourth-order valence-electron chi connectivity index (χ4n) is 5.08. The van der Waals surface area contributed by atoms with Crippen molar-refractivity contribution in [2.24, 2.45) is 0 Å². The van der Waals surface area contributed by atoms with Crippen LogP contribution in [0.2, 0.25) is 0 Å². The molecule has 33 heavy (non-hydrogen) atoms. The first-order valence-corrected chi connectivity index (χ1v) is 12.8. The van der Waals surface area contributed by atoms with Gasteiger partial charge in [0.15, 0.2) is 16.5 Å². The molecule has 0 saturated carbocycles. The van der Waals surface area contributed by atoms with Crippen LogP contribution < -0.4 is 0 Å². The molecule has 5 rings (SSSR count). The number of fused-ring (bicyclic) bond motifs is 1. The lowest BCUT2D eigenvalue weighted by molar-refractivity contribution is 0.0519. The Morgan fingerprint density at radius 3 is 2.64 bits per heavy atom. The number of imidazole rings is 1. The number of thioether (sulfide) groups is 1. The predicted octanol–water partition coefficient (Wildman–Crippen LogP) is 4.10. The second-order valence-electron chi connectivity index (χ2n) is 8.97. The minimum Gasteiger partial charge on any atom is -0.373 e. The van der Waals surface area contributed by atoms with Crippen molar-refractivity contribution in [1.29, 1.82) is 0 Å². The molecule has 0 bridgehead atoms. The maximum absolute atomic E-state index is 15.9. The number of hydrogen-bond donors (Lipinski definition) is 0. The van der Waals surface area contributed by atoms with Crippen LogP contribution in [0.15, 0.2) is 54.2 Å². The van der Waals surface area contributed by atoms with Crippen LogP contribution >= 0.6 is 11.8 Å². The molecule has 0 atom stereocenters. The quantitative estimate of drug-likeness (QED) is 0.506. The number of pyridine rings is 1. The van der Waals surface area contributed by atoms with Crippen molar-refractivity contribution in [3.05, 3.63) is 54.6 Å². The summed E-state index contributed by atoms with van der Waals surface area (Å²) in [6.45, 7) is 8.07. The van der Waals surface area contributed by atoms with E-state index in [0.29, 0.717) is 24.6 Å². The number of likely N-dealkylation sites (tertiary alicyclic amines) is 2. The van der Waals surface area contributed by atoms with Gasteiger partial charge in [-0.05, 0) is 55.7 Å². The Labute approximate surface area is 198 Å². The first kappa shape index (κ1) is 22.3. The zero-order valence-electron chi connectivity index (χ0n) is 19.0. The maximum atomic E-state index is 15.9. The van der Waals surface area contributed by atoms with Gasteiger partial charge < -0.3 is 9.47 Å². The van der Waals surface area contributed by atoms with Gasteiger partial charge in [-0.15, -0.1) is 0 Å². The summed E-state index contributed by atoms with van der Waals surface area (Å²) in [5.74, 6) is 0. The van der Waals surface area contributed by atoms with Crippen LogP contribution in [0.3, 0.4) is 0 Å². The minimum atomic E-state index is -1.33. The Hall–Kier alpha value is -2.52. The number of aromatic nitrogens is 5. The van der Waals surface area contributed by atoms with Gasteiger partial charge in [0.25, 0.3) is 0 Å². The molecule has 3 aromatic heterocycles. The number of allylic oxidation sites excluding steroid dienone is 1. The van der Waals surface area contributed by atoms with E-state index in [1.165, 1.54) is 0 Å². The summed E-state index contributed by atoms with van der Waals surface area (Å²) in [6.07, 6.45) is 10.2. The van der Waals surface area contributed by atoms with Crippen LogP contribution in [0.25, 0.3) is 11.2 Å². The van der Waals surface area contributed by atoms with Crippen LogP contribution in [0, 0.1) is 0 Å². The smallest absolute Gasteiger partial charge is 0.170 e. The molecule has 0 amide bonds. The summed E-state index contributed by atoms with van der Waals surface area (Å²) in [6, 6.07) is 6.23. The monoisotopic (exact) mass is 467 g/mol. The van der Waals surface area contributed by atoms with Crippen molar-refractivity contribution >= 4 is 22.9 Å². The van der Waals surface area contributed by atoms with Gasteiger partial charge in [0.05, 0.1) is 6.20 Å². The Balaban J connectivity index is 1.20. The summed E-state index contributed by atoms with van der Waals surface area (Å²) >= 11 is 1.65. The van der Waals surface area contributed by atoms with Gasteiger partial charge in [-0.25, -0.2) is 14.4 Å². The number of alkyl halides is 1. The molecule has 7 nitrogen and oxygen atoms in total. The van der Waals surface area contributed by atoms with Crippen molar-refractivity contribution in [1.82, 2.24) is 34.5 Å². The molecule has 174 valence electrons. The highest BCUT2D eigenvalue weighted by atomic mass is 32.2. The predicted molar refractivity (Wildman–Crippen MR) is 129 cm³/mol. The van der Waals surface area contributed by atoms with E-state index in [-0.39, 0.29) is 0 Å². The Bertz CT molecular complexity index is 1100. The van der Waals surface area contributed by atoms with E-state index in [0.717, 1.165) is 67.4 Å². The fourth-order valence-corrected chi connectivity index (χ4v) is 5.71. The molecule has 0 radical (unpaired) electrons. The normalized spacial score (nSPS) is 19.8. The summed E-state index contributed by atoms with van der Waals surface area (Å²) in [4.78, 5) is 13.8. The van der Waals surface area contributed by atoms with Crippen molar-refractivity contribution < 1.29 is 4.39 Å². The molecule has 2 aliphatic heterocycles. The molecule has 2 aliphatic rings. The first-order chi connectivity index (χ1) is 16.1. The summed E-state index contributed by atoms with van der Waals surface area (Å²) in [7, 11) is 0. The molecule has 2 saturated heterocycles. The topological polar surface area (TPSA) is 63.0 Å². The minimum absolute atomic E-state index is 0.322. The van der Waals surface area contributed by atoms with Crippen molar-refractivity contribution in [2.45, 2.75) is 49.1 Å². The molecular weight excluding hydrogens is 437 g/mol. The largest absolute Gasteiger partial charge is 0.373 e. The maximum Gasteiger partial charge on any atom is 0.170 e. The Morgan fingerprint density at radius 1 is 1.15 bits per heavy atom. The number of piperidine rings is 2. The molecule has 0 unspecified atom stereocenters. The van der Waals surface area contributed by atoms with E-state index in [2.05, 4.69) is 42.4 Å². The van der Waals surface area contributed by atoms with E-state index in [1.807, 2.05) is 24.4 Å².